The number of sulfonamides is 1. The van der Waals surface area contributed by atoms with Crippen molar-refractivity contribution in [2.75, 3.05) is 6.61 Å². The van der Waals surface area contributed by atoms with Gasteiger partial charge in [-0.2, -0.15) is 4.72 Å². The first kappa shape index (κ1) is 20.9. The number of carbonyl (C=O) groups is 2. The molecule has 1 aromatic carbocycles. The Kier molecular flexibility index (Phi) is 6.22. The van der Waals surface area contributed by atoms with Crippen molar-refractivity contribution in [2.45, 2.75) is 38.6 Å². The second-order valence-electron chi connectivity index (χ2n) is 6.53. The van der Waals surface area contributed by atoms with Gasteiger partial charge in [-0.05, 0) is 45.9 Å². The molecule has 8 heteroatoms. The summed E-state index contributed by atoms with van der Waals surface area (Å²) in [6.45, 7) is 6.45. The number of nitrogens with one attached hydrogen (secondary N) is 1. The third kappa shape index (κ3) is 4.84. The maximum atomic E-state index is 12.3. The number of ether oxygens (including phenoxy) is 1. The molecule has 0 fully saturated rings. The van der Waals surface area contributed by atoms with Crippen LogP contribution < -0.4 is 4.72 Å². The molecule has 2 aromatic rings. The van der Waals surface area contributed by atoms with Crippen LogP contribution in [0, 0.1) is 20.8 Å². The molecule has 1 heterocycles. The van der Waals surface area contributed by atoms with Crippen LogP contribution >= 0.6 is 0 Å². The molecule has 0 aliphatic carbocycles. The number of ketones is 1. The van der Waals surface area contributed by atoms with Crippen molar-refractivity contribution in [3.63, 3.8) is 0 Å². The minimum absolute atomic E-state index is 0.0548. The van der Waals surface area contributed by atoms with Gasteiger partial charge >= 0.3 is 5.97 Å². The number of rotatable bonds is 7. The van der Waals surface area contributed by atoms with Crippen molar-refractivity contribution < 1.29 is 22.7 Å². The van der Waals surface area contributed by atoms with Crippen LogP contribution in [0.4, 0.5) is 0 Å². The monoisotopic (exact) mass is 392 g/mol. The molecular formula is C19H24N2O5S. The summed E-state index contributed by atoms with van der Waals surface area (Å²) in [4.78, 5) is 24.4. The summed E-state index contributed by atoms with van der Waals surface area (Å²) >= 11 is 0. The first-order valence-electron chi connectivity index (χ1n) is 8.44. The Bertz CT molecular complexity index is 959. The highest BCUT2D eigenvalue weighted by Gasteiger charge is 2.24. The van der Waals surface area contributed by atoms with E-state index in [1.54, 1.807) is 25.1 Å². The second-order valence-corrected chi connectivity index (χ2v) is 8.24. The summed E-state index contributed by atoms with van der Waals surface area (Å²) in [7, 11) is -2.02. The molecule has 1 atom stereocenters. The van der Waals surface area contributed by atoms with Crippen LogP contribution in [0.1, 0.15) is 34.2 Å². The lowest BCUT2D eigenvalue weighted by atomic mass is 10.1. The highest BCUT2D eigenvalue weighted by molar-refractivity contribution is 7.89. The molecule has 1 N–H and O–H groups in total. The van der Waals surface area contributed by atoms with E-state index in [1.807, 2.05) is 25.5 Å². The van der Waals surface area contributed by atoms with Crippen molar-refractivity contribution in [3.8, 4) is 0 Å². The number of nitrogens with zero attached hydrogens (tertiary/aromatic N) is 1. The molecule has 1 aromatic heterocycles. The molecule has 0 spiro atoms. The molecule has 27 heavy (non-hydrogen) atoms. The largest absolute Gasteiger partial charge is 0.456 e. The molecule has 0 saturated heterocycles. The van der Waals surface area contributed by atoms with E-state index in [9.17, 15) is 18.0 Å². The number of hydrogen-bond acceptors (Lipinski definition) is 5. The van der Waals surface area contributed by atoms with E-state index >= 15 is 0 Å². The SMILES string of the molecule is Cc1ccc(S(=O)(=O)N[C@@H](C)C(=O)OCC(=O)c2cc(C)n(C)c2C)cc1. The number of aromatic nitrogens is 1. The number of hydrogen-bond donors (Lipinski definition) is 1. The first-order valence-corrected chi connectivity index (χ1v) is 9.93. The average Bonchev–Trinajstić information content (AvgIpc) is 2.86. The summed E-state index contributed by atoms with van der Waals surface area (Å²) in [6.07, 6.45) is 0. The molecule has 0 aliphatic heterocycles. The van der Waals surface area contributed by atoms with Gasteiger partial charge in [-0.3, -0.25) is 9.59 Å². The van der Waals surface area contributed by atoms with E-state index in [0.717, 1.165) is 17.0 Å². The zero-order valence-corrected chi connectivity index (χ0v) is 16.9. The van der Waals surface area contributed by atoms with E-state index in [4.69, 9.17) is 4.74 Å². The van der Waals surface area contributed by atoms with Gasteiger partial charge in [-0.15, -0.1) is 0 Å². The van der Waals surface area contributed by atoms with Gasteiger partial charge in [0.25, 0.3) is 0 Å². The smallest absolute Gasteiger partial charge is 0.324 e. The van der Waals surface area contributed by atoms with Crippen molar-refractivity contribution in [1.82, 2.24) is 9.29 Å². The molecule has 7 nitrogen and oxygen atoms in total. The summed E-state index contributed by atoms with van der Waals surface area (Å²) in [5.41, 5.74) is 3.10. The van der Waals surface area contributed by atoms with Gasteiger partial charge in [0.1, 0.15) is 6.04 Å². The van der Waals surface area contributed by atoms with Crippen LogP contribution in [-0.4, -0.2) is 37.4 Å². The van der Waals surface area contributed by atoms with Crippen LogP contribution in [0.25, 0.3) is 0 Å². The molecule has 0 unspecified atom stereocenters. The maximum Gasteiger partial charge on any atom is 0.324 e. The Hall–Kier alpha value is -2.45. The van der Waals surface area contributed by atoms with E-state index in [1.165, 1.54) is 19.1 Å². The summed E-state index contributed by atoms with van der Waals surface area (Å²) in [5.74, 6) is -1.15. The highest BCUT2D eigenvalue weighted by Crippen LogP contribution is 2.14. The molecule has 0 saturated carbocycles. The minimum atomic E-state index is -3.86. The molecule has 0 radical (unpaired) electrons. The fourth-order valence-electron chi connectivity index (χ4n) is 2.54. The predicted octanol–water partition coefficient (Wildman–Crippen LogP) is 2.04. The van der Waals surface area contributed by atoms with Gasteiger partial charge in [-0.1, -0.05) is 17.7 Å². The van der Waals surface area contributed by atoms with E-state index in [2.05, 4.69) is 4.72 Å². The zero-order chi connectivity index (χ0) is 20.4. The van der Waals surface area contributed by atoms with Gasteiger partial charge in [0.15, 0.2) is 6.61 Å². The fraction of sp³-hybridized carbons (Fsp3) is 0.368. The fourth-order valence-corrected chi connectivity index (χ4v) is 3.74. The third-order valence-corrected chi connectivity index (χ3v) is 5.99. The van der Waals surface area contributed by atoms with E-state index in [0.29, 0.717) is 5.56 Å². The Morgan fingerprint density at radius 3 is 2.26 bits per heavy atom. The van der Waals surface area contributed by atoms with Crippen molar-refractivity contribution in [3.05, 3.63) is 52.8 Å². The highest BCUT2D eigenvalue weighted by atomic mass is 32.2. The zero-order valence-electron chi connectivity index (χ0n) is 16.1. The third-order valence-electron chi connectivity index (χ3n) is 4.44. The Morgan fingerprint density at radius 1 is 1.15 bits per heavy atom. The van der Waals surface area contributed by atoms with Crippen LogP contribution in [0.3, 0.4) is 0 Å². The number of esters is 1. The topological polar surface area (TPSA) is 94.5 Å². The average molecular weight is 392 g/mol. The number of benzene rings is 1. The van der Waals surface area contributed by atoms with Crippen molar-refractivity contribution in [1.29, 1.82) is 0 Å². The lowest BCUT2D eigenvalue weighted by Crippen LogP contribution is -2.40. The van der Waals surface area contributed by atoms with Gasteiger partial charge in [-0.25, -0.2) is 8.42 Å². The predicted molar refractivity (Wildman–Crippen MR) is 101 cm³/mol. The molecule has 2 rings (SSSR count). The lowest BCUT2D eigenvalue weighted by molar-refractivity contribution is -0.144. The minimum Gasteiger partial charge on any atom is -0.456 e. The standard InChI is InChI=1S/C19H24N2O5S/c1-12-6-8-16(9-7-12)27(24,25)20-14(3)19(23)26-11-18(22)17-10-13(2)21(5)15(17)4/h6-10,14,20H,11H2,1-5H3/t14-/m0/s1. The number of aryl methyl sites for hydroxylation is 2. The van der Waals surface area contributed by atoms with Crippen molar-refractivity contribution >= 4 is 21.8 Å². The Morgan fingerprint density at radius 2 is 1.74 bits per heavy atom. The van der Waals surface area contributed by atoms with E-state index in [-0.39, 0.29) is 10.7 Å². The van der Waals surface area contributed by atoms with Gasteiger partial charge < -0.3 is 9.30 Å². The molecule has 0 bridgehead atoms. The van der Waals surface area contributed by atoms with Crippen LogP contribution in [0.15, 0.2) is 35.2 Å². The summed E-state index contributed by atoms with van der Waals surface area (Å²) in [5, 5.41) is 0. The number of carbonyl (C=O) groups excluding carboxylic acids is 2. The Labute approximate surface area is 159 Å². The van der Waals surface area contributed by atoms with Crippen molar-refractivity contribution in [2.24, 2.45) is 7.05 Å². The van der Waals surface area contributed by atoms with Gasteiger partial charge in [0.05, 0.1) is 4.90 Å². The number of Topliss-reactive ketones (excluding diaryl/α,β-unsaturated/α-hetero) is 1. The summed E-state index contributed by atoms with van der Waals surface area (Å²) < 4.78 is 33.8. The van der Waals surface area contributed by atoms with Crippen LogP contribution in [-0.2, 0) is 26.6 Å². The molecule has 0 amide bonds. The quantitative estimate of drug-likeness (QED) is 0.575. The summed E-state index contributed by atoms with van der Waals surface area (Å²) in [6, 6.07) is 6.86. The van der Waals surface area contributed by atoms with Crippen LogP contribution in [0.5, 0.6) is 0 Å². The normalized spacial score (nSPS) is 12.6. The molecular weight excluding hydrogens is 368 g/mol. The van der Waals surface area contributed by atoms with Crippen LogP contribution in [0.2, 0.25) is 0 Å². The lowest BCUT2D eigenvalue weighted by Gasteiger charge is -2.13. The maximum absolute atomic E-state index is 12.3. The Balaban J connectivity index is 1.98. The molecule has 146 valence electrons. The molecule has 0 aliphatic rings. The van der Waals surface area contributed by atoms with Gasteiger partial charge in [0.2, 0.25) is 15.8 Å². The second kappa shape index (κ2) is 8.06. The van der Waals surface area contributed by atoms with E-state index < -0.39 is 28.6 Å². The first-order chi connectivity index (χ1) is 12.5. The van der Waals surface area contributed by atoms with Gasteiger partial charge in [0, 0.05) is 24.0 Å².